The van der Waals surface area contributed by atoms with E-state index in [0.717, 1.165) is 0 Å². The number of alkyl halides is 4. The molecule has 1 aromatic carbocycles. The standard InChI is InChI=1S/C11H13ClF3NO2S/c12-8-9-4-1-2-5-10(9)19(17,18)16-7-3-6-11(13,14)15/h1-2,4-5,16H,3,6-8H2. The van der Waals surface area contributed by atoms with Crippen molar-refractivity contribution in [2.45, 2.75) is 29.8 Å². The Balaban J connectivity index is 2.66. The summed E-state index contributed by atoms with van der Waals surface area (Å²) in [4.78, 5) is -0.00277. The minimum Gasteiger partial charge on any atom is -0.211 e. The van der Waals surface area contributed by atoms with Crippen LogP contribution in [-0.2, 0) is 15.9 Å². The molecule has 0 atom stereocenters. The fourth-order valence-corrected chi connectivity index (χ4v) is 3.07. The van der Waals surface area contributed by atoms with Gasteiger partial charge in [-0.25, -0.2) is 13.1 Å². The zero-order chi connectivity index (χ0) is 14.5. The van der Waals surface area contributed by atoms with Gasteiger partial charge in [0.1, 0.15) is 0 Å². The third-order valence-electron chi connectivity index (χ3n) is 2.34. The molecule has 0 unspecified atom stereocenters. The van der Waals surface area contributed by atoms with Crippen LogP contribution in [0.5, 0.6) is 0 Å². The molecule has 0 spiro atoms. The van der Waals surface area contributed by atoms with E-state index in [9.17, 15) is 21.6 Å². The molecule has 0 bridgehead atoms. The van der Waals surface area contributed by atoms with E-state index in [2.05, 4.69) is 4.72 Å². The maximum atomic E-state index is 11.9. The van der Waals surface area contributed by atoms with Gasteiger partial charge in [-0.15, -0.1) is 11.6 Å². The summed E-state index contributed by atoms with van der Waals surface area (Å²) in [5, 5.41) is 0. The van der Waals surface area contributed by atoms with Crippen LogP contribution in [0.15, 0.2) is 29.2 Å². The van der Waals surface area contributed by atoms with Crippen molar-refractivity contribution in [3.05, 3.63) is 29.8 Å². The predicted molar refractivity (Wildman–Crippen MR) is 66.5 cm³/mol. The third-order valence-corrected chi connectivity index (χ3v) is 4.18. The highest BCUT2D eigenvalue weighted by Gasteiger charge is 2.26. The first-order valence-corrected chi connectivity index (χ1v) is 7.48. The molecule has 0 amide bonds. The minimum atomic E-state index is -4.28. The fourth-order valence-electron chi connectivity index (χ4n) is 1.45. The van der Waals surface area contributed by atoms with Crippen LogP contribution in [0.25, 0.3) is 0 Å². The maximum Gasteiger partial charge on any atom is 0.389 e. The van der Waals surface area contributed by atoms with E-state index in [1.54, 1.807) is 12.1 Å². The Kier molecular flexibility index (Phi) is 5.64. The Hall–Kier alpha value is -0.790. The first-order chi connectivity index (χ1) is 8.76. The molecule has 1 aromatic rings. The molecule has 0 aliphatic carbocycles. The largest absolute Gasteiger partial charge is 0.389 e. The first-order valence-electron chi connectivity index (χ1n) is 5.46. The second kappa shape index (κ2) is 6.58. The van der Waals surface area contributed by atoms with Crippen LogP contribution in [0, 0.1) is 0 Å². The lowest BCUT2D eigenvalue weighted by molar-refractivity contribution is -0.135. The number of rotatable bonds is 6. The Bertz CT molecular complexity index is 517. The van der Waals surface area contributed by atoms with Crippen molar-refractivity contribution in [1.82, 2.24) is 4.72 Å². The minimum absolute atomic E-state index is 0.00277. The third kappa shape index (κ3) is 5.38. The van der Waals surface area contributed by atoms with Crippen LogP contribution in [0.3, 0.4) is 0 Å². The molecule has 0 radical (unpaired) electrons. The quantitative estimate of drug-likeness (QED) is 0.648. The Morgan fingerprint density at radius 1 is 1.21 bits per heavy atom. The average molecular weight is 316 g/mol. The van der Waals surface area contributed by atoms with E-state index < -0.39 is 22.6 Å². The van der Waals surface area contributed by atoms with Gasteiger partial charge in [0, 0.05) is 18.8 Å². The zero-order valence-electron chi connectivity index (χ0n) is 9.87. The molecule has 1 rings (SSSR count). The van der Waals surface area contributed by atoms with E-state index in [-0.39, 0.29) is 23.7 Å². The van der Waals surface area contributed by atoms with Gasteiger partial charge >= 0.3 is 6.18 Å². The van der Waals surface area contributed by atoms with Gasteiger partial charge in [-0.2, -0.15) is 13.2 Å². The molecule has 3 nitrogen and oxygen atoms in total. The monoisotopic (exact) mass is 315 g/mol. The molecule has 108 valence electrons. The van der Waals surface area contributed by atoms with Crippen molar-refractivity contribution in [3.63, 3.8) is 0 Å². The van der Waals surface area contributed by atoms with Crippen LogP contribution in [0.2, 0.25) is 0 Å². The van der Waals surface area contributed by atoms with Gasteiger partial charge in [-0.3, -0.25) is 0 Å². The van der Waals surface area contributed by atoms with Crippen molar-refractivity contribution < 1.29 is 21.6 Å². The van der Waals surface area contributed by atoms with E-state index in [4.69, 9.17) is 11.6 Å². The summed E-state index contributed by atoms with van der Waals surface area (Å²) in [6, 6.07) is 6.09. The Labute approximate surface area is 114 Å². The highest BCUT2D eigenvalue weighted by molar-refractivity contribution is 7.89. The van der Waals surface area contributed by atoms with Gasteiger partial charge in [0.05, 0.1) is 4.90 Å². The number of halogens is 4. The lowest BCUT2D eigenvalue weighted by atomic mass is 10.2. The van der Waals surface area contributed by atoms with E-state index in [0.29, 0.717) is 5.56 Å². The zero-order valence-corrected chi connectivity index (χ0v) is 11.4. The molecule has 0 aliphatic rings. The molecule has 1 N–H and O–H groups in total. The van der Waals surface area contributed by atoms with Crippen LogP contribution in [0.1, 0.15) is 18.4 Å². The fraction of sp³-hybridized carbons (Fsp3) is 0.455. The summed E-state index contributed by atoms with van der Waals surface area (Å²) in [6.45, 7) is -0.265. The van der Waals surface area contributed by atoms with Gasteiger partial charge in [0.25, 0.3) is 0 Å². The topological polar surface area (TPSA) is 46.2 Å². The summed E-state index contributed by atoms with van der Waals surface area (Å²) >= 11 is 5.62. The van der Waals surface area contributed by atoms with Gasteiger partial charge in [-0.1, -0.05) is 18.2 Å². The highest BCUT2D eigenvalue weighted by atomic mass is 35.5. The highest BCUT2D eigenvalue weighted by Crippen LogP contribution is 2.21. The number of sulfonamides is 1. The van der Waals surface area contributed by atoms with Crippen LogP contribution in [-0.4, -0.2) is 21.1 Å². The average Bonchev–Trinajstić information content (AvgIpc) is 2.33. The smallest absolute Gasteiger partial charge is 0.211 e. The van der Waals surface area contributed by atoms with Crippen molar-refractivity contribution in [1.29, 1.82) is 0 Å². The molecule has 0 saturated heterocycles. The Morgan fingerprint density at radius 3 is 2.42 bits per heavy atom. The predicted octanol–water partition coefficient (Wildman–Crippen LogP) is 3.05. The number of hydrogen-bond acceptors (Lipinski definition) is 2. The number of hydrogen-bond donors (Lipinski definition) is 1. The van der Waals surface area contributed by atoms with Crippen molar-refractivity contribution >= 4 is 21.6 Å². The lowest BCUT2D eigenvalue weighted by Gasteiger charge is -2.10. The molecule has 0 saturated carbocycles. The molecule has 0 heterocycles. The normalized spacial score (nSPS) is 12.6. The number of nitrogens with one attached hydrogen (secondary N) is 1. The molecule has 8 heteroatoms. The SMILES string of the molecule is O=S(=O)(NCCCC(F)(F)F)c1ccccc1CCl. The van der Waals surface area contributed by atoms with Crippen molar-refractivity contribution in [2.24, 2.45) is 0 Å². The lowest BCUT2D eigenvalue weighted by Crippen LogP contribution is -2.26. The molecule has 19 heavy (non-hydrogen) atoms. The molecular formula is C11H13ClF3NO2S. The molecular weight excluding hydrogens is 303 g/mol. The summed E-state index contributed by atoms with van der Waals surface area (Å²) in [5.41, 5.74) is 0.410. The summed E-state index contributed by atoms with van der Waals surface area (Å²) in [5.74, 6) is 0.0135. The molecule has 0 aliphatic heterocycles. The first kappa shape index (κ1) is 16.3. The molecule has 0 fully saturated rings. The van der Waals surface area contributed by atoms with E-state index >= 15 is 0 Å². The van der Waals surface area contributed by atoms with Gasteiger partial charge in [-0.05, 0) is 18.1 Å². The summed E-state index contributed by atoms with van der Waals surface area (Å²) in [6.07, 6.45) is -5.60. The van der Waals surface area contributed by atoms with Crippen molar-refractivity contribution in [2.75, 3.05) is 6.54 Å². The summed E-state index contributed by atoms with van der Waals surface area (Å²) in [7, 11) is -3.82. The summed E-state index contributed by atoms with van der Waals surface area (Å²) < 4.78 is 61.7. The number of benzene rings is 1. The van der Waals surface area contributed by atoms with E-state index in [1.165, 1.54) is 12.1 Å². The van der Waals surface area contributed by atoms with Crippen LogP contribution < -0.4 is 4.72 Å². The van der Waals surface area contributed by atoms with Gasteiger partial charge < -0.3 is 0 Å². The maximum absolute atomic E-state index is 11.9. The molecule has 0 aromatic heterocycles. The van der Waals surface area contributed by atoms with Crippen LogP contribution >= 0.6 is 11.6 Å². The van der Waals surface area contributed by atoms with Gasteiger partial charge in [0.2, 0.25) is 10.0 Å². The second-order valence-electron chi connectivity index (χ2n) is 3.86. The van der Waals surface area contributed by atoms with Crippen LogP contribution in [0.4, 0.5) is 13.2 Å². The Morgan fingerprint density at radius 2 is 1.84 bits per heavy atom. The van der Waals surface area contributed by atoms with Gasteiger partial charge in [0.15, 0.2) is 0 Å². The second-order valence-corrected chi connectivity index (χ2v) is 5.86. The van der Waals surface area contributed by atoms with E-state index in [1.807, 2.05) is 0 Å². The van der Waals surface area contributed by atoms with Crippen molar-refractivity contribution in [3.8, 4) is 0 Å².